The van der Waals surface area contributed by atoms with Crippen LogP contribution in [0.3, 0.4) is 0 Å². The Hall–Kier alpha value is -3.94. The van der Waals surface area contributed by atoms with Gasteiger partial charge in [0, 0.05) is 25.7 Å². The number of benzene rings is 6. The van der Waals surface area contributed by atoms with Gasteiger partial charge in [0.05, 0.1) is 0 Å². The summed E-state index contributed by atoms with van der Waals surface area (Å²) in [4.78, 5) is 0. The van der Waals surface area contributed by atoms with Gasteiger partial charge in [-0.05, 0) is 44.3 Å². The maximum atomic E-state index is 2.30. The molecule has 6 aromatic carbocycles. The lowest BCUT2D eigenvalue weighted by Gasteiger charge is -2.18. The maximum absolute atomic E-state index is 2.30. The number of fused-ring (bicyclic) bond motifs is 5. The second-order valence-electron chi connectivity index (χ2n) is 8.49. The fourth-order valence-corrected chi connectivity index (χ4v) is 6.50. The lowest BCUT2D eigenvalue weighted by molar-refractivity contribution is 1.67. The van der Waals surface area contributed by atoms with E-state index >= 15 is 0 Å². The van der Waals surface area contributed by atoms with Crippen molar-refractivity contribution >= 4 is 53.1 Å². The third-order valence-corrected chi connectivity index (χ3v) is 7.89. The van der Waals surface area contributed by atoms with E-state index < -0.39 is 0 Å². The Kier molecular flexibility index (Phi) is 4.12. The van der Waals surface area contributed by atoms with Crippen LogP contribution in [0.15, 0.2) is 121 Å². The smallest absolute Gasteiger partial charge is 0.0434 e. The van der Waals surface area contributed by atoms with Crippen LogP contribution in [0.5, 0.6) is 0 Å². The number of rotatable bonds is 2. The first kappa shape index (κ1) is 18.6. The van der Waals surface area contributed by atoms with Crippen molar-refractivity contribution in [3.63, 3.8) is 0 Å². The van der Waals surface area contributed by atoms with Gasteiger partial charge in [0.2, 0.25) is 0 Å². The average Bonchev–Trinajstić information content (AvgIpc) is 3.27. The molecular formula is C32H20S. The molecule has 0 atom stereocenters. The Bertz CT molecular complexity index is 1750. The zero-order valence-electron chi connectivity index (χ0n) is 18.0. The molecule has 0 unspecified atom stereocenters. The van der Waals surface area contributed by atoms with E-state index in [1.807, 2.05) is 11.3 Å². The second-order valence-corrected chi connectivity index (χ2v) is 9.54. The van der Waals surface area contributed by atoms with Crippen LogP contribution in [0.1, 0.15) is 0 Å². The molecule has 0 fully saturated rings. The molecule has 0 saturated carbocycles. The predicted molar refractivity (Wildman–Crippen MR) is 145 cm³/mol. The molecule has 0 nitrogen and oxygen atoms in total. The van der Waals surface area contributed by atoms with Gasteiger partial charge in [-0.15, -0.1) is 11.3 Å². The molecule has 0 N–H and O–H groups in total. The summed E-state index contributed by atoms with van der Waals surface area (Å²) in [5.74, 6) is 0. The van der Waals surface area contributed by atoms with Gasteiger partial charge in [0.15, 0.2) is 0 Å². The molecule has 1 heterocycles. The molecule has 0 radical (unpaired) electrons. The first-order valence-corrected chi connectivity index (χ1v) is 12.1. The summed E-state index contributed by atoms with van der Waals surface area (Å²) < 4.78 is 2.70. The molecule has 7 rings (SSSR count). The molecule has 0 amide bonds. The lowest BCUT2D eigenvalue weighted by Crippen LogP contribution is -1.90. The Morgan fingerprint density at radius 2 is 0.879 bits per heavy atom. The van der Waals surface area contributed by atoms with Gasteiger partial charge in [0.1, 0.15) is 0 Å². The lowest BCUT2D eigenvalue weighted by atomic mass is 9.86. The van der Waals surface area contributed by atoms with E-state index in [0.29, 0.717) is 0 Å². The van der Waals surface area contributed by atoms with Crippen LogP contribution in [-0.2, 0) is 0 Å². The summed E-state index contributed by atoms with van der Waals surface area (Å²) in [7, 11) is 0. The minimum Gasteiger partial charge on any atom is -0.135 e. The Labute approximate surface area is 196 Å². The van der Waals surface area contributed by atoms with Crippen molar-refractivity contribution in [1.82, 2.24) is 0 Å². The fraction of sp³-hybridized carbons (Fsp3) is 0. The molecule has 33 heavy (non-hydrogen) atoms. The highest BCUT2D eigenvalue weighted by molar-refractivity contribution is 7.26. The van der Waals surface area contributed by atoms with Crippen molar-refractivity contribution in [3.05, 3.63) is 121 Å². The van der Waals surface area contributed by atoms with Crippen LogP contribution < -0.4 is 0 Å². The minimum absolute atomic E-state index is 1.26. The molecule has 0 bridgehead atoms. The van der Waals surface area contributed by atoms with Crippen LogP contribution in [0.25, 0.3) is 64.0 Å². The summed E-state index contributed by atoms with van der Waals surface area (Å²) in [6.45, 7) is 0. The van der Waals surface area contributed by atoms with Crippen LogP contribution in [0.4, 0.5) is 0 Å². The van der Waals surface area contributed by atoms with Gasteiger partial charge < -0.3 is 0 Å². The largest absolute Gasteiger partial charge is 0.135 e. The highest BCUT2D eigenvalue weighted by Crippen LogP contribution is 2.47. The van der Waals surface area contributed by atoms with E-state index in [2.05, 4.69) is 121 Å². The molecule has 0 saturated heterocycles. The molecule has 0 aliphatic heterocycles. The van der Waals surface area contributed by atoms with Crippen molar-refractivity contribution < 1.29 is 0 Å². The Morgan fingerprint density at radius 1 is 0.364 bits per heavy atom. The van der Waals surface area contributed by atoms with Crippen molar-refractivity contribution in [3.8, 4) is 22.3 Å². The van der Waals surface area contributed by atoms with Gasteiger partial charge in [0.25, 0.3) is 0 Å². The molecule has 1 heteroatoms. The highest BCUT2D eigenvalue weighted by atomic mass is 32.1. The molecule has 0 aliphatic carbocycles. The van der Waals surface area contributed by atoms with E-state index in [4.69, 9.17) is 0 Å². The Balaban J connectivity index is 1.69. The van der Waals surface area contributed by atoms with Crippen LogP contribution in [0, 0.1) is 0 Å². The van der Waals surface area contributed by atoms with Crippen molar-refractivity contribution in [2.45, 2.75) is 0 Å². The van der Waals surface area contributed by atoms with E-state index in [1.165, 1.54) is 64.0 Å². The summed E-state index contributed by atoms with van der Waals surface area (Å²) in [6, 6.07) is 44.1. The van der Waals surface area contributed by atoms with E-state index in [-0.39, 0.29) is 0 Å². The number of thiophene rings is 1. The molecule has 7 aromatic rings. The van der Waals surface area contributed by atoms with Crippen molar-refractivity contribution in [2.75, 3.05) is 0 Å². The van der Waals surface area contributed by atoms with Gasteiger partial charge in [-0.25, -0.2) is 0 Å². The minimum atomic E-state index is 1.26. The zero-order chi connectivity index (χ0) is 21.8. The van der Waals surface area contributed by atoms with E-state index in [9.17, 15) is 0 Å². The number of hydrogen-bond acceptors (Lipinski definition) is 1. The van der Waals surface area contributed by atoms with Gasteiger partial charge >= 0.3 is 0 Å². The first-order chi connectivity index (χ1) is 16.4. The SMILES string of the molecule is c1ccc(-c2c3ccccc3c(-c3cccc4c3sc3ccccc34)c3ccccc23)cc1. The summed E-state index contributed by atoms with van der Waals surface area (Å²) in [5, 5.41) is 7.90. The molecule has 0 aliphatic rings. The van der Waals surface area contributed by atoms with Crippen molar-refractivity contribution in [1.29, 1.82) is 0 Å². The molecule has 1 aromatic heterocycles. The molecule has 0 spiro atoms. The average molecular weight is 437 g/mol. The number of hydrogen-bond donors (Lipinski definition) is 0. The zero-order valence-corrected chi connectivity index (χ0v) is 18.8. The maximum Gasteiger partial charge on any atom is 0.0434 e. The summed E-state index contributed by atoms with van der Waals surface area (Å²) in [6.07, 6.45) is 0. The van der Waals surface area contributed by atoms with Crippen molar-refractivity contribution in [2.24, 2.45) is 0 Å². The van der Waals surface area contributed by atoms with Gasteiger partial charge in [-0.2, -0.15) is 0 Å². The van der Waals surface area contributed by atoms with E-state index in [0.717, 1.165) is 0 Å². The van der Waals surface area contributed by atoms with Crippen LogP contribution in [0.2, 0.25) is 0 Å². The monoisotopic (exact) mass is 436 g/mol. The van der Waals surface area contributed by atoms with E-state index in [1.54, 1.807) is 0 Å². The summed E-state index contributed by atoms with van der Waals surface area (Å²) in [5.41, 5.74) is 5.23. The highest BCUT2D eigenvalue weighted by Gasteiger charge is 2.18. The van der Waals surface area contributed by atoms with Gasteiger partial charge in [-0.3, -0.25) is 0 Å². The third-order valence-electron chi connectivity index (χ3n) is 6.67. The summed E-state index contributed by atoms with van der Waals surface area (Å²) >= 11 is 1.90. The Morgan fingerprint density at radius 3 is 1.55 bits per heavy atom. The standard InChI is InChI=1S/C32H20S/c1-2-11-21(12-3-1)30-23-14-4-6-16-25(23)31(26-17-7-5-15-24(26)30)28-19-10-18-27-22-13-8-9-20-29(22)33-32(27)28/h1-20H. The quantitative estimate of drug-likeness (QED) is 0.237. The normalized spacial score (nSPS) is 11.6. The first-order valence-electron chi connectivity index (χ1n) is 11.3. The topological polar surface area (TPSA) is 0 Å². The second kappa shape index (κ2) is 7.30. The van der Waals surface area contributed by atoms with Crippen LogP contribution in [-0.4, -0.2) is 0 Å². The third kappa shape index (κ3) is 2.76. The fourth-order valence-electron chi connectivity index (χ4n) is 5.28. The predicted octanol–water partition coefficient (Wildman–Crippen LogP) is 9.69. The molecular weight excluding hydrogens is 416 g/mol. The molecule has 154 valence electrons. The van der Waals surface area contributed by atoms with Gasteiger partial charge in [-0.1, -0.05) is 115 Å². The van der Waals surface area contributed by atoms with Crippen LogP contribution >= 0.6 is 11.3 Å².